The molecule has 1 N–H and O–H groups in total. The van der Waals surface area contributed by atoms with Gasteiger partial charge in [-0.2, -0.15) is 5.10 Å². The molecule has 118 valence electrons. The van der Waals surface area contributed by atoms with Crippen LogP contribution in [0.5, 0.6) is 5.75 Å². The molecule has 0 saturated heterocycles. The van der Waals surface area contributed by atoms with E-state index < -0.39 is 0 Å². The van der Waals surface area contributed by atoms with Crippen LogP contribution in [0.15, 0.2) is 42.6 Å². The van der Waals surface area contributed by atoms with E-state index in [1.807, 2.05) is 44.4 Å². The average Bonchev–Trinajstić information content (AvgIpc) is 2.99. The summed E-state index contributed by atoms with van der Waals surface area (Å²) in [6.07, 6.45) is 2.65. The minimum absolute atomic E-state index is 0.155. The maximum absolute atomic E-state index is 11.9. The highest BCUT2D eigenvalue weighted by atomic mass is 16.5. The molecule has 0 aliphatic carbocycles. The van der Waals surface area contributed by atoms with Crippen molar-refractivity contribution < 1.29 is 9.53 Å². The van der Waals surface area contributed by atoms with Gasteiger partial charge in [0.1, 0.15) is 11.4 Å². The van der Waals surface area contributed by atoms with Gasteiger partial charge in [-0.1, -0.05) is 18.2 Å². The van der Waals surface area contributed by atoms with Crippen LogP contribution < -0.4 is 10.1 Å². The summed E-state index contributed by atoms with van der Waals surface area (Å²) in [5, 5.41) is 7.07. The first-order valence-electron chi connectivity index (χ1n) is 7.29. The van der Waals surface area contributed by atoms with Crippen molar-refractivity contribution in [2.24, 2.45) is 0 Å². The van der Waals surface area contributed by atoms with E-state index in [2.05, 4.69) is 15.3 Å². The number of carbonyl (C=O) groups excluding carboxylic acids is 1. The maximum atomic E-state index is 11.9. The number of rotatable bonds is 8. The zero-order valence-electron chi connectivity index (χ0n) is 13.0. The number of nitrogens with zero attached hydrogens (tertiary/aromatic N) is 3. The molecule has 0 saturated carbocycles. The minimum atomic E-state index is -0.155. The Labute approximate surface area is 130 Å². The lowest BCUT2D eigenvalue weighted by Gasteiger charge is -2.09. The van der Waals surface area contributed by atoms with Gasteiger partial charge < -0.3 is 15.0 Å². The Morgan fingerprint density at radius 1 is 1.27 bits per heavy atom. The molecular formula is C16H22N4O2. The topological polar surface area (TPSA) is 59.4 Å². The number of aromatic nitrogens is 2. The lowest BCUT2D eigenvalue weighted by molar-refractivity contribution is 0.0945. The van der Waals surface area contributed by atoms with E-state index in [1.54, 1.807) is 16.9 Å². The fourth-order valence-electron chi connectivity index (χ4n) is 1.90. The molecule has 1 amide bonds. The standard InChI is InChI=1S/C16H22N4O2/c1-19(2)11-6-10-17-16(21)15-9-12-20(18-15)13-22-14-7-4-3-5-8-14/h3-5,7-9,12H,6,10-11,13H2,1-2H3,(H,17,21). The minimum Gasteiger partial charge on any atom is -0.471 e. The van der Waals surface area contributed by atoms with E-state index in [9.17, 15) is 4.79 Å². The van der Waals surface area contributed by atoms with Gasteiger partial charge in [0.2, 0.25) is 0 Å². The van der Waals surface area contributed by atoms with Crippen molar-refractivity contribution in [3.8, 4) is 5.75 Å². The van der Waals surface area contributed by atoms with Gasteiger partial charge in [0.05, 0.1) is 0 Å². The molecule has 6 nitrogen and oxygen atoms in total. The van der Waals surface area contributed by atoms with Crippen LogP contribution in [-0.2, 0) is 6.73 Å². The number of nitrogens with one attached hydrogen (secondary N) is 1. The maximum Gasteiger partial charge on any atom is 0.271 e. The number of carbonyl (C=O) groups is 1. The lowest BCUT2D eigenvalue weighted by Crippen LogP contribution is -2.27. The largest absolute Gasteiger partial charge is 0.471 e. The SMILES string of the molecule is CN(C)CCCNC(=O)c1ccn(COc2ccccc2)n1. The Hall–Kier alpha value is -2.34. The van der Waals surface area contributed by atoms with Crippen molar-refractivity contribution in [2.45, 2.75) is 13.2 Å². The van der Waals surface area contributed by atoms with Gasteiger partial charge in [-0.15, -0.1) is 0 Å². The third kappa shape index (κ3) is 5.21. The Kier molecular flexibility index (Phi) is 5.97. The second kappa shape index (κ2) is 8.19. The highest BCUT2D eigenvalue weighted by Crippen LogP contribution is 2.09. The molecule has 0 bridgehead atoms. The molecular weight excluding hydrogens is 280 g/mol. The summed E-state index contributed by atoms with van der Waals surface area (Å²) in [6.45, 7) is 1.86. The number of amides is 1. The summed E-state index contributed by atoms with van der Waals surface area (Å²) in [4.78, 5) is 14.0. The molecule has 6 heteroatoms. The van der Waals surface area contributed by atoms with Gasteiger partial charge in [-0.25, -0.2) is 4.68 Å². The third-order valence-corrected chi connectivity index (χ3v) is 3.05. The summed E-state index contributed by atoms with van der Waals surface area (Å²) in [6, 6.07) is 11.2. The highest BCUT2D eigenvalue weighted by molar-refractivity contribution is 5.92. The zero-order valence-corrected chi connectivity index (χ0v) is 13.0. The third-order valence-electron chi connectivity index (χ3n) is 3.05. The first kappa shape index (κ1) is 16.0. The van der Waals surface area contributed by atoms with Crippen molar-refractivity contribution in [3.05, 3.63) is 48.3 Å². The van der Waals surface area contributed by atoms with Gasteiger partial charge in [-0.05, 0) is 45.3 Å². The van der Waals surface area contributed by atoms with E-state index in [0.29, 0.717) is 12.2 Å². The number of benzene rings is 1. The lowest BCUT2D eigenvalue weighted by atomic mass is 10.3. The predicted octanol–water partition coefficient (Wildman–Crippen LogP) is 1.60. The van der Waals surface area contributed by atoms with Crippen LogP contribution in [-0.4, -0.2) is 47.8 Å². The van der Waals surface area contributed by atoms with Crippen molar-refractivity contribution in [3.63, 3.8) is 0 Å². The second-order valence-corrected chi connectivity index (χ2v) is 5.24. The molecule has 1 heterocycles. The van der Waals surface area contributed by atoms with Crippen LogP contribution >= 0.6 is 0 Å². The Morgan fingerprint density at radius 2 is 2.05 bits per heavy atom. The van der Waals surface area contributed by atoms with Crippen molar-refractivity contribution in [1.82, 2.24) is 20.0 Å². The smallest absolute Gasteiger partial charge is 0.271 e. The molecule has 0 fully saturated rings. The van der Waals surface area contributed by atoms with Crippen molar-refractivity contribution in [2.75, 3.05) is 27.2 Å². The van der Waals surface area contributed by atoms with E-state index in [0.717, 1.165) is 18.7 Å². The van der Waals surface area contributed by atoms with Gasteiger partial charge in [0, 0.05) is 12.7 Å². The molecule has 1 aromatic heterocycles. The van der Waals surface area contributed by atoms with E-state index >= 15 is 0 Å². The normalized spacial score (nSPS) is 10.7. The van der Waals surface area contributed by atoms with E-state index in [1.165, 1.54) is 0 Å². The number of ether oxygens (including phenoxy) is 1. The average molecular weight is 302 g/mol. The van der Waals surface area contributed by atoms with E-state index in [4.69, 9.17) is 4.74 Å². The molecule has 0 atom stereocenters. The summed E-state index contributed by atoms with van der Waals surface area (Å²) in [5.74, 6) is 0.616. The van der Waals surface area contributed by atoms with Crippen molar-refractivity contribution >= 4 is 5.91 Å². The van der Waals surface area contributed by atoms with Gasteiger partial charge >= 0.3 is 0 Å². The quantitative estimate of drug-likeness (QED) is 0.753. The van der Waals surface area contributed by atoms with Gasteiger partial charge in [-0.3, -0.25) is 4.79 Å². The summed E-state index contributed by atoms with van der Waals surface area (Å²) >= 11 is 0. The second-order valence-electron chi connectivity index (χ2n) is 5.24. The molecule has 1 aromatic carbocycles. The molecule has 2 aromatic rings. The predicted molar refractivity (Wildman–Crippen MR) is 84.8 cm³/mol. The molecule has 0 radical (unpaired) electrons. The first-order chi connectivity index (χ1) is 10.6. The van der Waals surface area contributed by atoms with Gasteiger partial charge in [0.15, 0.2) is 6.73 Å². The Bertz CT molecular complexity index is 581. The van der Waals surface area contributed by atoms with Crippen LogP contribution in [0.1, 0.15) is 16.9 Å². The fraction of sp³-hybridized carbons (Fsp3) is 0.375. The summed E-state index contributed by atoms with van der Waals surface area (Å²) in [7, 11) is 4.02. The van der Waals surface area contributed by atoms with Crippen LogP contribution in [0.2, 0.25) is 0 Å². The summed E-state index contributed by atoms with van der Waals surface area (Å²) in [5.41, 5.74) is 0.404. The van der Waals surface area contributed by atoms with Crippen LogP contribution in [0.3, 0.4) is 0 Å². The van der Waals surface area contributed by atoms with Crippen molar-refractivity contribution in [1.29, 1.82) is 0 Å². The molecule has 0 aliphatic rings. The van der Waals surface area contributed by atoms with Gasteiger partial charge in [0.25, 0.3) is 5.91 Å². The Balaban J connectivity index is 1.77. The number of hydrogen-bond acceptors (Lipinski definition) is 4. The molecule has 2 rings (SSSR count). The molecule has 0 unspecified atom stereocenters. The Morgan fingerprint density at radius 3 is 2.77 bits per heavy atom. The highest BCUT2D eigenvalue weighted by Gasteiger charge is 2.08. The van der Waals surface area contributed by atoms with Crippen LogP contribution in [0.4, 0.5) is 0 Å². The first-order valence-corrected chi connectivity index (χ1v) is 7.29. The zero-order chi connectivity index (χ0) is 15.8. The van der Waals surface area contributed by atoms with E-state index in [-0.39, 0.29) is 12.6 Å². The molecule has 0 aliphatic heterocycles. The molecule has 0 spiro atoms. The van der Waals surface area contributed by atoms with Crippen LogP contribution in [0, 0.1) is 0 Å². The number of hydrogen-bond donors (Lipinski definition) is 1. The summed E-state index contributed by atoms with van der Waals surface area (Å²) < 4.78 is 7.17. The van der Waals surface area contributed by atoms with Crippen LogP contribution in [0.25, 0.3) is 0 Å². The monoisotopic (exact) mass is 302 g/mol. The fourth-order valence-corrected chi connectivity index (χ4v) is 1.90. The molecule has 22 heavy (non-hydrogen) atoms. The number of para-hydroxylation sites is 1.